The second kappa shape index (κ2) is 3.74. The van der Waals surface area contributed by atoms with Crippen LogP contribution in [0.25, 0.3) is 0 Å². The van der Waals surface area contributed by atoms with Crippen molar-refractivity contribution >= 4 is 7.94 Å². The Kier molecular flexibility index (Phi) is 3.24. The second-order valence-corrected chi connectivity index (χ2v) is 5.11. The van der Waals surface area contributed by atoms with Gasteiger partial charge in [0.15, 0.2) is 0 Å². The van der Waals surface area contributed by atoms with Crippen LogP contribution in [0.2, 0.25) is 0 Å². The third-order valence-corrected chi connectivity index (χ3v) is 4.12. The van der Waals surface area contributed by atoms with Crippen molar-refractivity contribution in [1.29, 1.82) is 0 Å². The summed E-state index contributed by atoms with van der Waals surface area (Å²) in [6, 6.07) is 0. The molecule has 0 aliphatic carbocycles. The molecule has 7 heteroatoms. The number of hydrogen-bond donors (Lipinski definition) is 3. The molecule has 1 fully saturated rings. The largest absolute Gasteiger partial charge is 0.629 e. The third-order valence-electron chi connectivity index (χ3n) is 2.03. The molecule has 0 saturated carbocycles. The van der Waals surface area contributed by atoms with Crippen molar-refractivity contribution in [2.24, 2.45) is 0 Å². The number of rotatable bonds is 1. The molecule has 1 unspecified atom stereocenters. The minimum Gasteiger partial charge on any atom is -0.629 e. The standard InChI is InChI=1S/C6H13O6P/c1-3-4(7)5(8)6(9)13(10,11-2)12-3/h3-9H,1-2H3/t3-,4+,5+,6+,13?/m0/s1. The smallest absolute Gasteiger partial charge is 0.270 e. The molecule has 0 aromatic heterocycles. The van der Waals surface area contributed by atoms with Gasteiger partial charge in [-0.3, -0.25) is 0 Å². The van der Waals surface area contributed by atoms with Crippen LogP contribution in [0.5, 0.6) is 0 Å². The molecule has 1 aliphatic heterocycles. The Morgan fingerprint density at radius 1 is 1.31 bits per heavy atom. The highest BCUT2D eigenvalue weighted by Gasteiger charge is 2.54. The Balaban J connectivity index is 2.82. The third kappa shape index (κ3) is 1.85. The first-order valence-electron chi connectivity index (χ1n) is 3.80. The van der Waals surface area contributed by atoms with Crippen molar-refractivity contribution in [3.8, 4) is 0 Å². The fourth-order valence-electron chi connectivity index (χ4n) is 1.15. The van der Waals surface area contributed by atoms with Crippen LogP contribution in [-0.2, 0) is 9.05 Å². The van der Waals surface area contributed by atoms with Crippen molar-refractivity contribution in [1.82, 2.24) is 0 Å². The first-order valence-corrected chi connectivity index (χ1v) is 5.41. The van der Waals surface area contributed by atoms with Crippen LogP contribution in [0.4, 0.5) is 0 Å². The Labute approximate surface area is 76.3 Å². The van der Waals surface area contributed by atoms with Crippen molar-refractivity contribution in [3.05, 3.63) is 0 Å². The molecule has 3 N–H and O–H groups in total. The molecule has 0 spiro atoms. The summed E-state index contributed by atoms with van der Waals surface area (Å²) in [6.07, 6.45) is -3.59. The van der Waals surface area contributed by atoms with E-state index < -0.39 is 32.1 Å². The Hall–Kier alpha value is 0.190. The average molecular weight is 212 g/mol. The Bertz CT molecular complexity index is 190. The van der Waals surface area contributed by atoms with Gasteiger partial charge < -0.3 is 20.2 Å². The topological polar surface area (TPSA) is 102 Å². The van der Waals surface area contributed by atoms with Gasteiger partial charge in [0.05, 0.1) is 7.11 Å². The summed E-state index contributed by atoms with van der Waals surface area (Å²) in [5, 5.41) is 27.7. The molecule has 0 aromatic carbocycles. The highest BCUT2D eigenvalue weighted by molar-refractivity contribution is 7.59. The Morgan fingerprint density at radius 3 is 2.31 bits per heavy atom. The summed E-state index contributed by atoms with van der Waals surface area (Å²) in [7, 11) is -2.58. The monoisotopic (exact) mass is 212 g/mol. The molecule has 5 atom stereocenters. The van der Waals surface area contributed by atoms with Crippen LogP contribution in [0.3, 0.4) is 0 Å². The van der Waals surface area contributed by atoms with Gasteiger partial charge >= 0.3 is 0 Å². The molecule has 0 radical (unpaired) electrons. The lowest BCUT2D eigenvalue weighted by Crippen LogP contribution is -2.53. The van der Waals surface area contributed by atoms with Gasteiger partial charge in [-0.15, -0.1) is 0 Å². The van der Waals surface area contributed by atoms with Crippen molar-refractivity contribution in [2.45, 2.75) is 31.1 Å². The van der Waals surface area contributed by atoms with Gasteiger partial charge in [0.25, 0.3) is 7.94 Å². The van der Waals surface area contributed by atoms with E-state index in [1.807, 2.05) is 0 Å². The van der Waals surface area contributed by atoms with E-state index in [4.69, 9.17) is 4.52 Å². The zero-order valence-corrected chi connectivity index (χ0v) is 8.22. The van der Waals surface area contributed by atoms with Crippen LogP contribution >= 0.6 is 7.94 Å². The lowest BCUT2D eigenvalue weighted by Gasteiger charge is -2.41. The molecule has 0 amide bonds. The lowest BCUT2D eigenvalue weighted by molar-refractivity contribution is -0.253. The molecule has 1 rings (SSSR count). The van der Waals surface area contributed by atoms with E-state index in [-0.39, 0.29) is 0 Å². The van der Waals surface area contributed by atoms with Gasteiger partial charge in [-0.1, -0.05) is 0 Å². The molecule has 13 heavy (non-hydrogen) atoms. The van der Waals surface area contributed by atoms with Crippen molar-refractivity contribution in [3.63, 3.8) is 0 Å². The molecular weight excluding hydrogens is 199 g/mol. The summed E-state index contributed by atoms with van der Waals surface area (Å²) in [6.45, 7) is 1.44. The van der Waals surface area contributed by atoms with Gasteiger partial charge in [-0.2, -0.15) is 0 Å². The predicted octanol–water partition coefficient (Wildman–Crippen LogP) is -1.79. The van der Waals surface area contributed by atoms with Gasteiger partial charge in [0, 0.05) is 0 Å². The van der Waals surface area contributed by atoms with Crippen molar-refractivity contribution < 1.29 is 29.3 Å². The number of hydrogen-bond acceptors (Lipinski definition) is 6. The van der Waals surface area contributed by atoms with Gasteiger partial charge in [0.2, 0.25) is 5.85 Å². The van der Waals surface area contributed by atoms with Gasteiger partial charge in [0.1, 0.15) is 18.3 Å². The number of aliphatic hydroxyl groups is 3. The summed E-state index contributed by atoms with van der Waals surface area (Å²) in [4.78, 5) is 11.5. The van der Waals surface area contributed by atoms with E-state index in [1.165, 1.54) is 6.92 Å². The van der Waals surface area contributed by atoms with Crippen LogP contribution in [0, 0.1) is 0 Å². The molecule has 0 bridgehead atoms. The minimum atomic E-state index is -3.69. The van der Waals surface area contributed by atoms with E-state index in [9.17, 15) is 20.2 Å². The summed E-state index contributed by atoms with van der Waals surface area (Å²) >= 11 is 0. The summed E-state index contributed by atoms with van der Waals surface area (Å²) in [5.41, 5.74) is 0. The fourth-order valence-corrected chi connectivity index (χ4v) is 2.71. The molecule has 78 valence electrons. The molecular formula is C6H13O6P. The van der Waals surface area contributed by atoms with E-state index in [1.54, 1.807) is 0 Å². The lowest BCUT2D eigenvalue weighted by atomic mass is 10.1. The first-order chi connectivity index (χ1) is 5.92. The summed E-state index contributed by atoms with van der Waals surface area (Å²) < 4.78 is 9.28. The van der Waals surface area contributed by atoms with Crippen LogP contribution in [0.15, 0.2) is 0 Å². The second-order valence-electron chi connectivity index (χ2n) is 2.93. The highest BCUT2D eigenvalue weighted by atomic mass is 31.2. The molecule has 1 saturated heterocycles. The highest BCUT2D eigenvalue weighted by Crippen LogP contribution is 2.60. The van der Waals surface area contributed by atoms with Crippen LogP contribution in [0.1, 0.15) is 6.92 Å². The fraction of sp³-hybridized carbons (Fsp3) is 1.00. The van der Waals surface area contributed by atoms with Crippen LogP contribution in [-0.4, -0.2) is 46.6 Å². The quantitative estimate of drug-likeness (QED) is 0.444. The molecule has 1 aliphatic rings. The maximum Gasteiger partial charge on any atom is 0.270 e. The van der Waals surface area contributed by atoms with E-state index in [2.05, 4.69) is 4.52 Å². The molecule has 1 heterocycles. The number of aliphatic hydroxyl groups excluding tert-OH is 3. The van der Waals surface area contributed by atoms with Crippen molar-refractivity contribution in [2.75, 3.05) is 7.11 Å². The zero-order valence-electron chi connectivity index (χ0n) is 7.32. The van der Waals surface area contributed by atoms with Gasteiger partial charge in [-0.05, 0) is 6.92 Å². The van der Waals surface area contributed by atoms with Gasteiger partial charge in [-0.25, -0.2) is 9.05 Å². The minimum absolute atomic E-state index is 0.829. The SMILES string of the molecule is CO[P+]1([O-])O[C@@H](C)[C@@H](O)[C@@H](O)[C@@H]1O. The predicted molar refractivity (Wildman–Crippen MR) is 42.5 cm³/mol. The van der Waals surface area contributed by atoms with E-state index in [0.29, 0.717) is 0 Å². The Morgan fingerprint density at radius 2 is 1.85 bits per heavy atom. The molecule has 0 aromatic rings. The maximum atomic E-state index is 11.5. The molecule has 6 nitrogen and oxygen atoms in total. The maximum absolute atomic E-state index is 11.5. The average Bonchev–Trinajstić information content (AvgIpc) is 2.12. The van der Waals surface area contributed by atoms with Crippen LogP contribution < -0.4 is 4.89 Å². The normalized spacial score (nSPS) is 52.2. The van der Waals surface area contributed by atoms with E-state index >= 15 is 0 Å². The summed E-state index contributed by atoms with van der Waals surface area (Å²) in [5.74, 6) is -1.69. The zero-order chi connectivity index (χ0) is 10.2. The first kappa shape index (κ1) is 11.3. The van der Waals surface area contributed by atoms with E-state index in [0.717, 1.165) is 7.11 Å².